The molecule has 0 aliphatic rings. The number of halogens is 4. The third-order valence-electron chi connectivity index (χ3n) is 3.67. The van der Waals surface area contributed by atoms with Crippen molar-refractivity contribution in [1.29, 1.82) is 0 Å². The van der Waals surface area contributed by atoms with Gasteiger partial charge in [-0.15, -0.1) is 0 Å². The van der Waals surface area contributed by atoms with Gasteiger partial charge in [-0.25, -0.2) is 4.68 Å². The highest BCUT2D eigenvalue weighted by atomic mass is 35.5. The third kappa shape index (κ3) is 3.90. The number of benzene rings is 1. The molecule has 2 rings (SSSR count). The summed E-state index contributed by atoms with van der Waals surface area (Å²) in [6, 6.07) is 5.56. The summed E-state index contributed by atoms with van der Waals surface area (Å²) in [5, 5.41) is 6.76. The van der Waals surface area contributed by atoms with Gasteiger partial charge in [0.05, 0.1) is 17.4 Å². The Hall–Kier alpha value is -2.02. The molecule has 1 heterocycles. The molecule has 0 fully saturated rings. The van der Waals surface area contributed by atoms with Crippen molar-refractivity contribution < 1.29 is 18.0 Å². The molecule has 0 unspecified atom stereocenters. The summed E-state index contributed by atoms with van der Waals surface area (Å²) in [6.07, 6.45) is -2.52. The average Bonchev–Trinajstić information content (AvgIpc) is 2.98. The molecule has 0 aliphatic carbocycles. The molecule has 0 aliphatic heterocycles. The molecular formula is C16H17ClF3N3O. The SMILES string of the molecule is CCC(CC)NC(=O)c1cnn(-c2ccc(Cl)cc2)c1C(F)(F)F. The van der Waals surface area contributed by atoms with Gasteiger partial charge in [0.2, 0.25) is 0 Å². The van der Waals surface area contributed by atoms with E-state index in [1.54, 1.807) is 0 Å². The summed E-state index contributed by atoms with van der Waals surface area (Å²) in [5.41, 5.74) is -1.43. The highest BCUT2D eigenvalue weighted by Gasteiger charge is 2.40. The normalized spacial score (nSPS) is 11.8. The number of carbonyl (C=O) groups is 1. The van der Waals surface area contributed by atoms with Crippen molar-refractivity contribution in [2.75, 3.05) is 0 Å². The van der Waals surface area contributed by atoms with E-state index >= 15 is 0 Å². The van der Waals surface area contributed by atoms with Crippen LogP contribution in [-0.4, -0.2) is 21.7 Å². The molecule has 24 heavy (non-hydrogen) atoms. The third-order valence-corrected chi connectivity index (χ3v) is 3.93. The average molecular weight is 360 g/mol. The number of hydrogen-bond donors (Lipinski definition) is 1. The molecule has 0 bridgehead atoms. The van der Waals surface area contributed by atoms with Crippen LogP contribution < -0.4 is 5.32 Å². The molecule has 0 saturated heterocycles. The van der Waals surface area contributed by atoms with Gasteiger partial charge in [-0.05, 0) is 37.1 Å². The first-order valence-corrected chi connectivity index (χ1v) is 7.87. The Labute approximate surface area is 142 Å². The minimum Gasteiger partial charge on any atom is -0.349 e. The van der Waals surface area contributed by atoms with Gasteiger partial charge in [0.1, 0.15) is 0 Å². The Kier molecular flexibility index (Phi) is 5.54. The first kappa shape index (κ1) is 18.3. The standard InChI is InChI=1S/C16H17ClF3N3O/c1-3-11(4-2)22-15(24)13-9-21-23(14(13)16(18,19)20)12-7-5-10(17)6-8-12/h5-9,11H,3-4H2,1-2H3,(H,22,24). The quantitative estimate of drug-likeness (QED) is 0.856. The Morgan fingerprint density at radius 1 is 1.25 bits per heavy atom. The largest absolute Gasteiger partial charge is 0.434 e. The van der Waals surface area contributed by atoms with E-state index in [9.17, 15) is 18.0 Å². The molecule has 0 atom stereocenters. The second-order valence-corrected chi connectivity index (χ2v) is 5.72. The van der Waals surface area contributed by atoms with Crippen molar-refractivity contribution in [3.63, 3.8) is 0 Å². The predicted molar refractivity (Wildman–Crippen MR) is 85.4 cm³/mol. The maximum Gasteiger partial charge on any atom is 0.434 e. The van der Waals surface area contributed by atoms with E-state index in [0.717, 1.165) is 6.20 Å². The number of aromatic nitrogens is 2. The zero-order valence-electron chi connectivity index (χ0n) is 13.2. The van der Waals surface area contributed by atoms with Gasteiger partial charge >= 0.3 is 6.18 Å². The fraction of sp³-hybridized carbons (Fsp3) is 0.375. The predicted octanol–water partition coefficient (Wildman–Crippen LogP) is 4.46. The highest BCUT2D eigenvalue weighted by Crippen LogP contribution is 2.33. The van der Waals surface area contributed by atoms with E-state index < -0.39 is 23.3 Å². The highest BCUT2D eigenvalue weighted by molar-refractivity contribution is 6.30. The molecule has 0 radical (unpaired) electrons. The Morgan fingerprint density at radius 3 is 2.33 bits per heavy atom. The number of nitrogens with one attached hydrogen (secondary N) is 1. The fourth-order valence-electron chi connectivity index (χ4n) is 2.32. The van der Waals surface area contributed by atoms with Crippen LogP contribution in [0.3, 0.4) is 0 Å². The number of alkyl halides is 3. The van der Waals surface area contributed by atoms with Gasteiger partial charge in [0.15, 0.2) is 5.69 Å². The number of rotatable bonds is 5. The first-order chi connectivity index (χ1) is 11.3. The molecule has 1 aromatic carbocycles. The molecular weight excluding hydrogens is 343 g/mol. The van der Waals surface area contributed by atoms with Gasteiger partial charge in [0, 0.05) is 11.1 Å². The van der Waals surface area contributed by atoms with Crippen LogP contribution in [0.5, 0.6) is 0 Å². The first-order valence-electron chi connectivity index (χ1n) is 7.49. The minimum absolute atomic E-state index is 0.174. The summed E-state index contributed by atoms with van der Waals surface area (Å²) in [5.74, 6) is -0.781. The van der Waals surface area contributed by atoms with Crippen molar-refractivity contribution in [3.8, 4) is 5.69 Å². The summed E-state index contributed by atoms with van der Waals surface area (Å²) >= 11 is 5.76. The lowest BCUT2D eigenvalue weighted by molar-refractivity contribution is -0.143. The van der Waals surface area contributed by atoms with Gasteiger partial charge < -0.3 is 5.32 Å². The lowest BCUT2D eigenvalue weighted by Gasteiger charge is -2.16. The molecule has 0 spiro atoms. The smallest absolute Gasteiger partial charge is 0.349 e. The van der Waals surface area contributed by atoms with Crippen LogP contribution >= 0.6 is 11.6 Å². The Bertz CT molecular complexity index is 706. The van der Waals surface area contributed by atoms with Crippen LogP contribution in [0.25, 0.3) is 5.69 Å². The Morgan fingerprint density at radius 2 is 1.83 bits per heavy atom. The second kappa shape index (κ2) is 7.25. The van der Waals surface area contributed by atoms with Crippen molar-refractivity contribution in [2.24, 2.45) is 0 Å². The van der Waals surface area contributed by atoms with Gasteiger partial charge in [-0.2, -0.15) is 18.3 Å². The molecule has 1 aromatic heterocycles. The summed E-state index contributed by atoms with van der Waals surface area (Å²) in [4.78, 5) is 12.3. The van der Waals surface area contributed by atoms with Crippen molar-refractivity contribution in [1.82, 2.24) is 15.1 Å². The maximum atomic E-state index is 13.5. The monoisotopic (exact) mass is 359 g/mol. The van der Waals surface area contributed by atoms with Gasteiger partial charge in [-0.1, -0.05) is 25.4 Å². The Balaban J connectivity index is 2.47. The van der Waals surface area contributed by atoms with Crippen LogP contribution in [-0.2, 0) is 6.18 Å². The molecule has 8 heteroatoms. The number of amides is 1. The topological polar surface area (TPSA) is 46.9 Å². The summed E-state index contributed by atoms with van der Waals surface area (Å²) < 4.78 is 41.2. The van der Waals surface area contributed by atoms with E-state index in [2.05, 4.69) is 10.4 Å². The fourth-order valence-corrected chi connectivity index (χ4v) is 2.45. The number of hydrogen-bond acceptors (Lipinski definition) is 2. The number of carbonyl (C=O) groups excluding carboxylic acids is 1. The lowest BCUT2D eigenvalue weighted by atomic mass is 10.1. The van der Waals surface area contributed by atoms with E-state index in [4.69, 9.17) is 11.6 Å². The van der Waals surface area contributed by atoms with E-state index in [-0.39, 0.29) is 11.7 Å². The summed E-state index contributed by atoms with van der Waals surface area (Å²) in [7, 11) is 0. The number of nitrogens with zero attached hydrogens (tertiary/aromatic N) is 2. The lowest BCUT2D eigenvalue weighted by Crippen LogP contribution is -2.35. The van der Waals surface area contributed by atoms with Crippen molar-refractivity contribution >= 4 is 17.5 Å². The van der Waals surface area contributed by atoms with Crippen LogP contribution in [0, 0.1) is 0 Å². The van der Waals surface area contributed by atoms with E-state index in [1.165, 1.54) is 24.3 Å². The van der Waals surface area contributed by atoms with Crippen LogP contribution in [0.4, 0.5) is 13.2 Å². The van der Waals surface area contributed by atoms with Crippen LogP contribution in [0.2, 0.25) is 5.02 Å². The van der Waals surface area contributed by atoms with Crippen molar-refractivity contribution in [3.05, 3.63) is 46.7 Å². The van der Waals surface area contributed by atoms with Gasteiger partial charge in [0.25, 0.3) is 5.91 Å². The maximum absolute atomic E-state index is 13.5. The summed E-state index contributed by atoms with van der Waals surface area (Å²) in [6.45, 7) is 3.71. The van der Waals surface area contributed by atoms with Crippen LogP contribution in [0.15, 0.2) is 30.5 Å². The van der Waals surface area contributed by atoms with Crippen molar-refractivity contribution in [2.45, 2.75) is 38.9 Å². The molecule has 4 nitrogen and oxygen atoms in total. The molecule has 2 aromatic rings. The minimum atomic E-state index is -4.73. The molecule has 1 amide bonds. The zero-order chi connectivity index (χ0) is 17.9. The van der Waals surface area contributed by atoms with E-state index in [1.807, 2.05) is 13.8 Å². The van der Waals surface area contributed by atoms with Crippen LogP contribution in [0.1, 0.15) is 42.7 Å². The molecule has 130 valence electrons. The molecule has 0 saturated carbocycles. The van der Waals surface area contributed by atoms with E-state index in [0.29, 0.717) is 22.5 Å². The zero-order valence-corrected chi connectivity index (χ0v) is 13.9. The van der Waals surface area contributed by atoms with Gasteiger partial charge in [-0.3, -0.25) is 4.79 Å². The molecule has 1 N–H and O–H groups in total. The second-order valence-electron chi connectivity index (χ2n) is 5.28.